The molecule has 4 aromatic rings. The Kier molecular flexibility index (Phi) is 5.63. The van der Waals surface area contributed by atoms with Crippen LogP contribution in [0.1, 0.15) is 30.0 Å². The van der Waals surface area contributed by atoms with Crippen LogP contribution in [-0.2, 0) is 0 Å². The van der Waals surface area contributed by atoms with Gasteiger partial charge in [-0.15, -0.1) is 0 Å². The number of rotatable bonds is 4. The van der Waals surface area contributed by atoms with E-state index in [0.29, 0.717) is 33.4 Å². The molecule has 0 saturated carbocycles. The predicted octanol–water partition coefficient (Wildman–Crippen LogP) is 6.54. The van der Waals surface area contributed by atoms with E-state index < -0.39 is 6.04 Å². The number of carbonyl (C=O) groups excluding carboxylic acids is 1. The molecule has 1 unspecified atom stereocenters. The Morgan fingerprint density at radius 2 is 1.65 bits per heavy atom. The zero-order valence-corrected chi connectivity index (χ0v) is 19.2. The lowest BCUT2D eigenvalue weighted by Gasteiger charge is -2.35. The van der Waals surface area contributed by atoms with Crippen molar-refractivity contribution in [2.75, 3.05) is 4.90 Å². The van der Waals surface area contributed by atoms with Crippen molar-refractivity contribution in [1.29, 1.82) is 0 Å². The van der Waals surface area contributed by atoms with Crippen molar-refractivity contribution in [1.82, 2.24) is 15.5 Å². The first-order valence-electron chi connectivity index (χ1n) is 10.6. The van der Waals surface area contributed by atoms with Gasteiger partial charge in [-0.2, -0.15) is 4.98 Å². The number of urea groups is 1. The number of hydrogen-bond donors (Lipinski definition) is 1. The summed E-state index contributed by atoms with van der Waals surface area (Å²) in [6, 6.07) is 19.9. The Bertz CT molecular complexity index is 1380. The summed E-state index contributed by atoms with van der Waals surface area (Å²) in [5.74, 6) is 0.232. The van der Waals surface area contributed by atoms with E-state index in [4.69, 9.17) is 16.1 Å². The van der Waals surface area contributed by atoms with Gasteiger partial charge >= 0.3 is 6.03 Å². The number of hydrogen-bond acceptors (Lipinski definition) is 4. The van der Waals surface area contributed by atoms with Crippen LogP contribution in [0.25, 0.3) is 17.0 Å². The number of aromatic nitrogens is 2. The maximum Gasteiger partial charge on any atom is 0.326 e. The van der Waals surface area contributed by atoms with Crippen LogP contribution in [0.4, 0.5) is 14.9 Å². The zero-order chi connectivity index (χ0) is 23.8. The Hall–Kier alpha value is -3.97. The number of halogens is 2. The van der Waals surface area contributed by atoms with Crippen LogP contribution in [0.15, 0.2) is 83.0 Å². The first-order valence-corrected chi connectivity index (χ1v) is 11.0. The minimum atomic E-state index is -0.534. The molecule has 2 amide bonds. The molecule has 1 N–H and O–H groups in total. The second-order valence-corrected chi connectivity index (χ2v) is 8.47. The van der Waals surface area contributed by atoms with Gasteiger partial charge in [-0.1, -0.05) is 46.6 Å². The molecule has 1 aromatic heterocycles. The Balaban J connectivity index is 1.64. The molecule has 2 heterocycles. The molecule has 170 valence electrons. The number of amides is 2. The fourth-order valence-electron chi connectivity index (χ4n) is 3.98. The zero-order valence-electron chi connectivity index (χ0n) is 18.4. The van der Waals surface area contributed by atoms with Crippen molar-refractivity contribution < 1.29 is 13.7 Å². The molecule has 1 aliphatic heterocycles. The van der Waals surface area contributed by atoms with Crippen LogP contribution < -0.4 is 10.2 Å². The van der Waals surface area contributed by atoms with Gasteiger partial charge < -0.3 is 9.84 Å². The van der Waals surface area contributed by atoms with Gasteiger partial charge in [0, 0.05) is 16.3 Å². The smallest absolute Gasteiger partial charge is 0.326 e. The van der Waals surface area contributed by atoms with Gasteiger partial charge in [0.15, 0.2) is 0 Å². The molecule has 5 rings (SSSR count). The third-order valence-electron chi connectivity index (χ3n) is 5.74. The number of aryl methyl sites for hydroxylation is 1. The van der Waals surface area contributed by atoms with Crippen LogP contribution >= 0.6 is 11.6 Å². The van der Waals surface area contributed by atoms with Crippen molar-refractivity contribution >= 4 is 28.9 Å². The monoisotopic (exact) mass is 474 g/mol. The van der Waals surface area contributed by atoms with Crippen molar-refractivity contribution in [3.8, 4) is 11.4 Å². The third kappa shape index (κ3) is 4.06. The molecule has 1 aliphatic rings. The molecule has 6 nitrogen and oxygen atoms in total. The molecular weight excluding hydrogens is 455 g/mol. The Morgan fingerprint density at radius 1 is 0.971 bits per heavy atom. The minimum absolute atomic E-state index is 0.258. The first kappa shape index (κ1) is 21.9. The van der Waals surface area contributed by atoms with Crippen LogP contribution in [-0.4, -0.2) is 16.2 Å². The normalized spacial score (nSPS) is 16.1. The number of benzene rings is 3. The van der Waals surface area contributed by atoms with Gasteiger partial charge in [0.05, 0.1) is 17.3 Å². The lowest BCUT2D eigenvalue weighted by Crippen LogP contribution is -2.46. The first-order chi connectivity index (χ1) is 16.4. The molecule has 1 atom stereocenters. The Morgan fingerprint density at radius 3 is 2.32 bits per heavy atom. The van der Waals surface area contributed by atoms with E-state index in [-0.39, 0.29) is 17.7 Å². The maximum atomic E-state index is 13.4. The third-order valence-corrected chi connectivity index (χ3v) is 5.99. The van der Waals surface area contributed by atoms with Gasteiger partial charge in [-0.3, -0.25) is 4.90 Å². The summed E-state index contributed by atoms with van der Waals surface area (Å²) in [6.45, 7) is 3.83. The van der Waals surface area contributed by atoms with Crippen molar-refractivity contribution in [3.05, 3.63) is 106 Å². The summed E-state index contributed by atoms with van der Waals surface area (Å²) in [5, 5.41) is 7.75. The summed E-state index contributed by atoms with van der Waals surface area (Å²) >= 11 is 6.08. The highest BCUT2D eigenvalue weighted by atomic mass is 35.5. The van der Waals surface area contributed by atoms with Gasteiger partial charge in [0.2, 0.25) is 5.82 Å². The lowest BCUT2D eigenvalue weighted by molar-refractivity contribution is 0.244. The van der Waals surface area contributed by atoms with E-state index in [1.807, 2.05) is 50.2 Å². The number of anilines is 1. The van der Waals surface area contributed by atoms with Crippen LogP contribution in [0.5, 0.6) is 0 Å². The number of nitrogens with zero attached hydrogens (tertiary/aromatic N) is 3. The molecule has 0 aliphatic carbocycles. The quantitative estimate of drug-likeness (QED) is 0.364. The summed E-state index contributed by atoms with van der Waals surface area (Å²) in [7, 11) is 0. The lowest BCUT2D eigenvalue weighted by atomic mass is 9.94. The van der Waals surface area contributed by atoms with Crippen LogP contribution in [0.2, 0.25) is 5.02 Å². The summed E-state index contributed by atoms with van der Waals surface area (Å²) in [4.78, 5) is 19.4. The molecule has 0 radical (unpaired) electrons. The average Bonchev–Trinajstić information content (AvgIpc) is 3.30. The summed E-state index contributed by atoms with van der Waals surface area (Å²) < 4.78 is 19.0. The number of nitrogens with one attached hydrogen (secondary N) is 1. The highest BCUT2D eigenvalue weighted by molar-refractivity contribution is 6.30. The second-order valence-electron chi connectivity index (χ2n) is 8.03. The molecule has 3 aromatic carbocycles. The summed E-state index contributed by atoms with van der Waals surface area (Å²) in [5.41, 5.74) is 4.55. The van der Waals surface area contributed by atoms with Crippen molar-refractivity contribution in [3.63, 3.8) is 0 Å². The second kappa shape index (κ2) is 8.76. The average molecular weight is 475 g/mol. The molecule has 0 spiro atoms. The van der Waals surface area contributed by atoms with E-state index in [1.54, 1.807) is 29.2 Å². The van der Waals surface area contributed by atoms with E-state index >= 15 is 0 Å². The number of carbonyl (C=O) groups is 1. The van der Waals surface area contributed by atoms with E-state index in [1.165, 1.54) is 12.1 Å². The van der Waals surface area contributed by atoms with E-state index in [0.717, 1.165) is 11.1 Å². The minimum Gasteiger partial charge on any atom is -0.334 e. The molecule has 8 heteroatoms. The predicted molar refractivity (Wildman–Crippen MR) is 129 cm³/mol. The van der Waals surface area contributed by atoms with Crippen LogP contribution in [0.3, 0.4) is 0 Å². The fourth-order valence-corrected chi connectivity index (χ4v) is 4.11. The largest absolute Gasteiger partial charge is 0.334 e. The van der Waals surface area contributed by atoms with Gasteiger partial charge in [0.25, 0.3) is 5.89 Å². The molecular formula is C26H20ClFN4O2. The van der Waals surface area contributed by atoms with Crippen molar-refractivity contribution in [2.45, 2.75) is 19.9 Å². The van der Waals surface area contributed by atoms with Crippen LogP contribution in [0, 0.1) is 12.7 Å². The molecule has 0 bridgehead atoms. The highest BCUT2D eigenvalue weighted by Gasteiger charge is 2.36. The Labute approximate surface area is 200 Å². The maximum absolute atomic E-state index is 13.4. The SMILES string of the molecule is CC1=C(c2nc(-c3ccc(F)cc3)no2)C(c2ccc(Cl)cc2)NC(=O)N1c1ccc(C)cc1. The van der Waals surface area contributed by atoms with E-state index in [9.17, 15) is 9.18 Å². The topological polar surface area (TPSA) is 71.3 Å². The fraction of sp³-hybridized carbons (Fsp3) is 0.115. The standard InChI is InChI=1S/C26H20ClFN4O2/c1-15-3-13-21(14-4-15)32-16(2)22(23(29-26(32)33)17-5-9-19(27)10-6-17)25-30-24(31-34-25)18-7-11-20(28)12-8-18/h3-14,23H,1-2H3,(H,29,33). The molecule has 34 heavy (non-hydrogen) atoms. The van der Waals surface area contributed by atoms with E-state index in [2.05, 4.69) is 15.5 Å². The van der Waals surface area contributed by atoms with Gasteiger partial charge in [0.1, 0.15) is 5.82 Å². The highest BCUT2D eigenvalue weighted by Crippen LogP contribution is 2.39. The summed E-state index contributed by atoms with van der Waals surface area (Å²) in [6.07, 6.45) is 0. The number of allylic oxidation sites excluding steroid dienone is 1. The molecule has 0 fully saturated rings. The van der Waals surface area contributed by atoms with Crippen molar-refractivity contribution in [2.24, 2.45) is 0 Å². The molecule has 0 saturated heterocycles. The van der Waals surface area contributed by atoms with Gasteiger partial charge in [-0.05, 0) is 67.9 Å². The van der Waals surface area contributed by atoms with Gasteiger partial charge in [-0.25, -0.2) is 9.18 Å².